The number of carbonyl (C=O) groups excluding carboxylic acids is 2. The average Bonchev–Trinajstić information content (AvgIpc) is 3.57. The summed E-state index contributed by atoms with van der Waals surface area (Å²) >= 11 is 7.00. The lowest BCUT2D eigenvalue weighted by molar-refractivity contribution is -0.137. The zero-order valence-electron chi connectivity index (χ0n) is 16.0. The van der Waals surface area contributed by atoms with Crippen molar-refractivity contribution >= 4 is 40.9 Å². The van der Waals surface area contributed by atoms with Gasteiger partial charge >= 0.3 is 12.1 Å². The van der Waals surface area contributed by atoms with Gasteiger partial charge < -0.3 is 10.1 Å². The van der Waals surface area contributed by atoms with Crippen LogP contribution in [0.15, 0.2) is 29.3 Å². The Morgan fingerprint density at radius 3 is 2.68 bits per heavy atom. The van der Waals surface area contributed by atoms with E-state index in [1.165, 1.54) is 23.9 Å². The van der Waals surface area contributed by atoms with Gasteiger partial charge in [-0.15, -0.1) is 11.8 Å². The molecule has 0 bridgehead atoms. The summed E-state index contributed by atoms with van der Waals surface area (Å²) in [7, 11) is 0. The Morgan fingerprint density at radius 2 is 2.10 bits per heavy atom. The highest BCUT2D eigenvalue weighted by Crippen LogP contribution is 2.41. The Bertz CT molecular complexity index is 1080. The molecule has 1 amide bonds. The molecular formula is C20H15ClF3N3O3S. The summed E-state index contributed by atoms with van der Waals surface area (Å²) in [6, 6.07) is 6.45. The molecule has 0 radical (unpaired) electrons. The average molecular weight is 470 g/mol. The number of para-hydroxylation sites is 1. The smallest absolute Gasteiger partial charge is 0.418 e. The zero-order chi connectivity index (χ0) is 22.8. The molecule has 162 valence electrons. The van der Waals surface area contributed by atoms with E-state index in [4.69, 9.17) is 16.3 Å². The van der Waals surface area contributed by atoms with Gasteiger partial charge in [0.05, 0.1) is 27.4 Å². The number of ether oxygens (including phenoxy) is 1. The first-order valence-electron chi connectivity index (χ1n) is 8.97. The first-order valence-corrected chi connectivity index (χ1v) is 10.6. The molecule has 1 N–H and O–H groups in total. The lowest BCUT2D eigenvalue weighted by Crippen LogP contribution is -2.23. The molecule has 0 saturated heterocycles. The number of nitrogens with one attached hydrogen (secondary N) is 1. The first-order chi connectivity index (χ1) is 14.7. The van der Waals surface area contributed by atoms with E-state index in [9.17, 15) is 28.0 Å². The Hall–Kier alpha value is -2.77. The molecule has 1 fully saturated rings. The topological polar surface area (TPSA) is 92.1 Å². The van der Waals surface area contributed by atoms with Crippen molar-refractivity contribution < 1.29 is 27.5 Å². The van der Waals surface area contributed by atoms with Gasteiger partial charge in [0.25, 0.3) is 5.91 Å². The minimum absolute atomic E-state index is 0.0211. The molecule has 1 aromatic carbocycles. The number of nitrogens with zero attached hydrogens (tertiary/aromatic N) is 2. The summed E-state index contributed by atoms with van der Waals surface area (Å²) in [5.74, 6) is -1.75. The number of esters is 1. The van der Waals surface area contributed by atoms with Crippen LogP contribution in [0.1, 0.15) is 45.9 Å². The number of rotatable bonds is 6. The van der Waals surface area contributed by atoms with Crippen molar-refractivity contribution in [2.75, 3.05) is 18.2 Å². The van der Waals surface area contributed by atoms with Crippen molar-refractivity contribution in [1.29, 1.82) is 5.26 Å². The summed E-state index contributed by atoms with van der Waals surface area (Å²) in [4.78, 5) is 29.1. The number of halogens is 4. The van der Waals surface area contributed by atoms with Crippen molar-refractivity contribution in [3.05, 3.63) is 51.7 Å². The number of nitriles is 1. The fraction of sp³-hybridized carbons (Fsp3) is 0.300. The molecule has 0 unspecified atom stereocenters. The van der Waals surface area contributed by atoms with Crippen LogP contribution in [0.2, 0.25) is 5.02 Å². The van der Waals surface area contributed by atoms with Crippen LogP contribution < -0.4 is 5.32 Å². The molecule has 3 rings (SSSR count). The predicted molar refractivity (Wildman–Crippen MR) is 108 cm³/mol. The number of benzene rings is 1. The van der Waals surface area contributed by atoms with Crippen LogP contribution in [-0.4, -0.2) is 29.7 Å². The molecule has 1 aromatic heterocycles. The molecule has 1 saturated carbocycles. The van der Waals surface area contributed by atoms with E-state index < -0.39 is 35.9 Å². The first kappa shape index (κ1) is 22.9. The SMILES string of the molecule is CSc1nc(C2CC2)cc(C(=O)OCC(=O)Nc2c(Cl)cccc2C(F)(F)F)c1C#N. The number of amides is 1. The van der Waals surface area contributed by atoms with Crippen molar-refractivity contribution in [3.8, 4) is 6.07 Å². The molecule has 0 spiro atoms. The standard InChI is InChI=1S/C20H15ClF3N3O3S/c1-31-18-12(8-25)11(7-15(26-18)10-5-6-10)19(29)30-9-16(28)27-17-13(20(22,23)24)3-2-4-14(17)21/h2-4,7,10H,5-6,9H2,1H3,(H,27,28). The molecule has 1 aliphatic carbocycles. The Kier molecular flexibility index (Phi) is 6.77. The fourth-order valence-electron chi connectivity index (χ4n) is 2.82. The molecule has 1 aliphatic rings. The van der Waals surface area contributed by atoms with E-state index in [0.29, 0.717) is 10.7 Å². The number of carbonyl (C=O) groups is 2. The molecule has 0 aliphatic heterocycles. The monoisotopic (exact) mass is 469 g/mol. The number of thioether (sulfide) groups is 1. The van der Waals surface area contributed by atoms with Crippen LogP contribution >= 0.6 is 23.4 Å². The normalized spacial score (nSPS) is 13.4. The van der Waals surface area contributed by atoms with E-state index in [-0.39, 0.29) is 22.1 Å². The summed E-state index contributed by atoms with van der Waals surface area (Å²) in [5.41, 5.74) is -1.11. The molecule has 11 heteroatoms. The Balaban J connectivity index is 1.76. The molecule has 6 nitrogen and oxygen atoms in total. The van der Waals surface area contributed by atoms with Gasteiger partial charge in [0.2, 0.25) is 0 Å². The van der Waals surface area contributed by atoms with E-state index in [2.05, 4.69) is 4.98 Å². The minimum Gasteiger partial charge on any atom is -0.452 e. The summed E-state index contributed by atoms with van der Waals surface area (Å²) in [6.07, 6.45) is -1.19. The van der Waals surface area contributed by atoms with Gasteiger partial charge in [0.15, 0.2) is 6.61 Å². The second-order valence-corrected chi connectivity index (χ2v) is 7.85. The van der Waals surface area contributed by atoms with E-state index in [1.807, 2.05) is 11.4 Å². The van der Waals surface area contributed by atoms with Gasteiger partial charge in [-0.2, -0.15) is 18.4 Å². The quantitative estimate of drug-likeness (QED) is 0.471. The van der Waals surface area contributed by atoms with Gasteiger partial charge in [0.1, 0.15) is 11.1 Å². The highest BCUT2D eigenvalue weighted by molar-refractivity contribution is 7.98. The maximum absolute atomic E-state index is 13.1. The predicted octanol–water partition coefficient (Wildman–Crippen LogP) is 5.02. The van der Waals surface area contributed by atoms with Crippen LogP contribution in [0.5, 0.6) is 0 Å². The van der Waals surface area contributed by atoms with Crippen LogP contribution in [0, 0.1) is 11.3 Å². The number of hydrogen-bond acceptors (Lipinski definition) is 6. The van der Waals surface area contributed by atoms with Crippen LogP contribution in [-0.2, 0) is 15.7 Å². The number of hydrogen-bond donors (Lipinski definition) is 1. The van der Waals surface area contributed by atoms with Crippen LogP contribution in [0.3, 0.4) is 0 Å². The van der Waals surface area contributed by atoms with Crippen LogP contribution in [0.4, 0.5) is 18.9 Å². The van der Waals surface area contributed by atoms with Crippen molar-refractivity contribution in [2.45, 2.75) is 30.0 Å². The molecule has 2 aromatic rings. The number of aromatic nitrogens is 1. The third-order valence-electron chi connectivity index (χ3n) is 4.44. The van der Waals surface area contributed by atoms with Crippen molar-refractivity contribution in [3.63, 3.8) is 0 Å². The number of alkyl halides is 3. The highest BCUT2D eigenvalue weighted by atomic mass is 35.5. The summed E-state index contributed by atoms with van der Waals surface area (Å²) in [5, 5.41) is 11.5. The third-order valence-corrected chi connectivity index (χ3v) is 5.44. The maximum Gasteiger partial charge on any atom is 0.418 e. The number of anilines is 1. The second kappa shape index (κ2) is 9.16. The maximum atomic E-state index is 13.1. The van der Waals surface area contributed by atoms with E-state index in [1.54, 1.807) is 6.26 Å². The summed E-state index contributed by atoms with van der Waals surface area (Å²) < 4.78 is 44.4. The van der Waals surface area contributed by atoms with Gasteiger partial charge in [-0.25, -0.2) is 9.78 Å². The third kappa shape index (κ3) is 5.29. The largest absolute Gasteiger partial charge is 0.452 e. The molecular weight excluding hydrogens is 455 g/mol. The van der Waals surface area contributed by atoms with Crippen LogP contribution in [0.25, 0.3) is 0 Å². The Morgan fingerprint density at radius 1 is 1.39 bits per heavy atom. The zero-order valence-corrected chi connectivity index (χ0v) is 17.6. The van der Waals surface area contributed by atoms with Gasteiger partial charge in [-0.3, -0.25) is 4.79 Å². The lowest BCUT2D eigenvalue weighted by atomic mass is 10.1. The van der Waals surface area contributed by atoms with E-state index in [0.717, 1.165) is 25.0 Å². The fourth-order valence-corrected chi connectivity index (χ4v) is 3.60. The van der Waals surface area contributed by atoms with Crippen molar-refractivity contribution in [1.82, 2.24) is 4.98 Å². The van der Waals surface area contributed by atoms with Gasteiger partial charge in [-0.1, -0.05) is 17.7 Å². The highest BCUT2D eigenvalue weighted by Gasteiger charge is 2.35. The lowest BCUT2D eigenvalue weighted by Gasteiger charge is -2.15. The van der Waals surface area contributed by atoms with Crippen molar-refractivity contribution in [2.24, 2.45) is 0 Å². The van der Waals surface area contributed by atoms with Gasteiger partial charge in [-0.05, 0) is 37.3 Å². The van der Waals surface area contributed by atoms with Gasteiger partial charge in [0, 0.05) is 11.6 Å². The molecule has 1 heterocycles. The van der Waals surface area contributed by atoms with E-state index >= 15 is 0 Å². The minimum atomic E-state index is -4.74. The second-order valence-electron chi connectivity index (χ2n) is 6.65. The Labute approximate surface area is 184 Å². The number of pyridine rings is 1. The molecule has 0 atom stereocenters. The summed E-state index contributed by atoms with van der Waals surface area (Å²) in [6.45, 7) is -0.859. The molecule has 31 heavy (non-hydrogen) atoms.